The minimum Gasteiger partial charge on any atom is -0.300 e. The Balaban J connectivity index is 2.18. The first-order valence-electron chi connectivity index (χ1n) is 7.68. The molecule has 108 valence electrons. The summed E-state index contributed by atoms with van der Waals surface area (Å²) in [5.41, 5.74) is 0.489. The van der Waals surface area contributed by atoms with Crippen LogP contribution in [0.3, 0.4) is 0 Å². The van der Waals surface area contributed by atoms with Crippen LogP contribution in [0.5, 0.6) is 0 Å². The smallest absolute Gasteiger partial charge is 0.145 e. The van der Waals surface area contributed by atoms with Gasteiger partial charge in [-0.15, -0.1) is 0 Å². The third kappa shape index (κ3) is 3.20. The molecule has 2 atom stereocenters. The van der Waals surface area contributed by atoms with Gasteiger partial charge in [0.1, 0.15) is 5.54 Å². The summed E-state index contributed by atoms with van der Waals surface area (Å²) in [6.45, 7) is 8.13. The summed E-state index contributed by atoms with van der Waals surface area (Å²) >= 11 is 0. The predicted molar refractivity (Wildman–Crippen MR) is 82.2 cm³/mol. The second-order valence-corrected chi connectivity index (χ2v) is 5.71. The number of benzene rings is 1. The molecule has 1 heterocycles. The standard InChI is InChI=1S/C17H25N3/c1-3-15-10-11-20(12-15)14-17(13-18,19-4-2)16-8-6-5-7-9-16/h5-9,15,19H,3-4,10-12,14H2,1-2H3. The SMILES string of the molecule is CCNC(C#N)(CN1CCC(CC)C1)c1ccccc1. The quantitative estimate of drug-likeness (QED) is 0.864. The number of hydrogen-bond donors (Lipinski definition) is 1. The Kier molecular flexibility index (Phi) is 5.17. The third-order valence-corrected chi connectivity index (χ3v) is 4.34. The van der Waals surface area contributed by atoms with Crippen molar-refractivity contribution in [2.45, 2.75) is 32.2 Å². The molecule has 0 aromatic heterocycles. The monoisotopic (exact) mass is 271 g/mol. The first-order chi connectivity index (χ1) is 9.74. The van der Waals surface area contributed by atoms with Crippen molar-refractivity contribution in [3.05, 3.63) is 35.9 Å². The van der Waals surface area contributed by atoms with E-state index >= 15 is 0 Å². The van der Waals surface area contributed by atoms with Crippen molar-refractivity contribution in [1.29, 1.82) is 5.26 Å². The number of nitrogens with one attached hydrogen (secondary N) is 1. The van der Waals surface area contributed by atoms with E-state index < -0.39 is 5.54 Å². The molecule has 3 nitrogen and oxygen atoms in total. The highest BCUT2D eigenvalue weighted by molar-refractivity contribution is 5.32. The van der Waals surface area contributed by atoms with E-state index in [1.165, 1.54) is 12.8 Å². The van der Waals surface area contributed by atoms with Crippen molar-refractivity contribution in [2.75, 3.05) is 26.2 Å². The van der Waals surface area contributed by atoms with E-state index in [1.54, 1.807) is 0 Å². The molecule has 3 heteroatoms. The molecule has 20 heavy (non-hydrogen) atoms. The molecule has 1 saturated heterocycles. The molecule has 0 saturated carbocycles. The molecule has 1 aliphatic heterocycles. The normalized spacial score (nSPS) is 22.4. The van der Waals surface area contributed by atoms with Crippen LogP contribution in [-0.2, 0) is 5.54 Å². The second kappa shape index (κ2) is 6.88. The van der Waals surface area contributed by atoms with E-state index in [0.717, 1.165) is 37.7 Å². The van der Waals surface area contributed by atoms with Gasteiger partial charge in [0, 0.05) is 13.1 Å². The van der Waals surface area contributed by atoms with Gasteiger partial charge < -0.3 is 0 Å². The van der Waals surface area contributed by atoms with Crippen LogP contribution in [0.4, 0.5) is 0 Å². The lowest BCUT2D eigenvalue weighted by Gasteiger charge is -2.32. The summed E-state index contributed by atoms with van der Waals surface area (Å²) in [7, 11) is 0. The molecular formula is C17H25N3. The molecule has 0 amide bonds. The van der Waals surface area contributed by atoms with Gasteiger partial charge in [-0.2, -0.15) is 5.26 Å². The van der Waals surface area contributed by atoms with Crippen molar-refractivity contribution < 1.29 is 0 Å². The second-order valence-electron chi connectivity index (χ2n) is 5.71. The Labute approximate surface area is 122 Å². The van der Waals surface area contributed by atoms with Crippen molar-refractivity contribution in [2.24, 2.45) is 5.92 Å². The van der Waals surface area contributed by atoms with Gasteiger partial charge in [-0.05, 0) is 31.0 Å². The van der Waals surface area contributed by atoms with Crippen LogP contribution in [0.2, 0.25) is 0 Å². The first kappa shape index (κ1) is 15.0. The van der Waals surface area contributed by atoms with Crippen molar-refractivity contribution in [1.82, 2.24) is 10.2 Å². The predicted octanol–water partition coefficient (Wildman–Crippen LogP) is 2.75. The Hall–Kier alpha value is -1.37. The van der Waals surface area contributed by atoms with E-state index in [1.807, 2.05) is 18.2 Å². The number of nitriles is 1. The number of nitrogens with zero attached hydrogens (tertiary/aromatic N) is 2. The Morgan fingerprint density at radius 3 is 2.65 bits per heavy atom. The fraction of sp³-hybridized carbons (Fsp3) is 0.588. The van der Waals surface area contributed by atoms with Gasteiger partial charge in [-0.25, -0.2) is 0 Å². The fourth-order valence-corrected chi connectivity index (χ4v) is 3.14. The molecule has 1 aliphatic rings. The van der Waals surface area contributed by atoms with Gasteiger partial charge >= 0.3 is 0 Å². The molecule has 0 spiro atoms. The Morgan fingerprint density at radius 1 is 1.35 bits per heavy atom. The molecule has 1 aromatic rings. The summed E-state index contributed by atoms with van der Waals surface area (Å²) in [5, 5.41) is 13.2. The van der Waals surface area contributed by atoms with Crippen molar-refractivity contribution in [3.63, 3.8) is 0 Å². The van der Waals surface area contributed by atoms with Gasteiger partial charge in [0.25, 0.3) is 0 Å². The highest BCUT2D eigenvalue weighted by Crippen LogP contribution is 2.26. The third-order valence-electron chi connectivity index (χ3n) is 4.34. The zero-order valence-electron chi connectivity index (χ0n) is 12.6. The Bertz CT molecular complexity index is 451. The highest BCUT2D eigenvalue weighted by Gasteiger charge is 2.35. The van der Waals surface area contributed by atoms with Gasteiger partial charge in [-0.1, -0.05) is 50.6 Å². The Morgan fingerprint density at radius 2 is 2.10 bits per heavy atom. The van der Waals surface area contributed by atoms with Crippen LogP contribution in [0, 0.1) is 17.2 Å². The number of hydrogen-bond acceptors (Lipinski definition) is 3. The number of rotatable bonds is 6. The maximum Gasteiger partial charge on any atom is 0.145 e. The van der Waals surface area contributed by atoms with Crippen LogP contribution in [-0.4, -0.2) is 31.1 Å². The van der Waals surface area contributed by atoms with E-state index in [2.05, 4.69) is 42.3 Å². The highest BCUT2D eigenvalue weighted by atomic mass is 15.2. The largest absolute Gasteiger partial charge is 0.300 e. The molecule has 1 N–H and O–H groups in total. The van der Waals surface area contributed by atoms with Gasteiger partial charge in [-0.3, -0.25) is 10.2 Å². The molecule has 1 fully saturated rings. The molecule has 0 radical (unpaired) electrons. The maximum atomic E-state index is 9.81. The van der Waals surface area contributed by atoms with Crippen LogP contribution >= 0.6 is 0 Å². The summed E-state index contributed by atoms with van der Waals surface area (Å²) in [5.74, 6) is 0.795. The topological polar surface area (TPSA) is 39.1 Å². The average molecular weight is 271 g/mol. The summed E-state index contributed by atoms with van der Waals surface area (Å²) in [4.78, 5) is 2.44. The summed E-state index contributed by atoms with van der Waals surface area (Å²) in [6, 6.07) is 12.7. The molecule has 0 bridgehead atoms. The van der Waals surface area contributed by atoms with E-state index in [4.69, 9.17) is 0 Å². The van der Waals surface area contributed by atoms with Gasteiger partial charge in [0.05, 0.1) is 6.07 Å². The van der Waals surface area contributed by atoms with Crippen LogP contribution in [0.15, 0.2) is 30.3 Å². The lowest BCUT2D eigenvalue weighted by Crippen LogP contribution is -2.49. The minimum absolute atomic E-state index is 0.585. The average Bonchev–Trinajstić information content (AvgIpc) is 2.95. The fourth-order valence-electron chi connectivity index (χ4n) is 3.14. The van der Waals surface area contributed by atoms with E-state index in [9.17, 15) is 5.26 Å². The van der Waals surface area contributed by atoms with E-state index in [0.29, 0.717) is 0 Å². The zero-order chi connectivity index (χ0) is 14.4. The molecule has 2 unspecified atom stereocenters. The lowest BCUT2D eigenvalue weighted by atomic mass is 9.90. The molecular weight excluding hydrogens is 246 g/mol. The first-order valence-corrected chi connectivity index (χ1v) is 7.68. The maximum absolute atomic E-state index is 9.81. The van der Waals surface area contributed by atoms with Crippen LogP contribution in [0.1, 0.15) is 32.3 Å². The molecule has 2 rings (SSSR count). The zero-order valence-corrected chi connectivity index (χ0v) is 12.6. The molecule has 1 aromatic carbocycles. The van der Waals surface area contributed by atoms with Crippen LogP contribution in [0.25, 0.3) is 0 Å². The van der Waals surface area contributed by atoms with Crippen LogP contribution < -0.4 is 5.32 Å². The molecule has 0 aliphatic carbocycles. The number of likely N-dealkylation sites (tertiary alicyclic amines) is 1. The van der Waals surface area contributed by atoms with Crippen molar-refractivity contribution >= 4 is 0 Å². The number of likely N-dealkylation sites (N-methyl/N-ethyl adjacent to an activating group) is 1. The minimum atomic E-state index is -0.585. The van der Waals surface area contributed by atoms with E-state index in [-0.39, 0.29) is 0 Å². The summed E-state index contributed by atoms with van der Waals surface area (Å²) < 4.78 is 0. The van der Waals surface area contributed by atoms with Gasteiger partial charge in [0.2, 0.25) is 0 Å². The van der Waals surface area contributed by atoms with Crippen molar-refractivity contribution in [3.8, 4) is 6.07 Å². The van der Waals surface area contributed by atoms with Gasteiger partial charge in [0.15, 0.2) is 0 Å². The lowest BCUT2D eigenvalue weighted by molar-refractivity contribution is 0.244. The summed E-state index contributed by atoms with van der Waals surface area (Å²) in [6.07, 6.45) is 2.50.